The Morgan fingerprint density at radius 1 is 1.00 bits per heavy atom. The Morgan fingerprint density at radius 3 is 2.54 bits per heavy atom. The zero-order chi connectivity index (χ0) is 19.5. The largest absolute Gasteiger partial charge is 0.435 e. The van der Waals surface area contributed by atoms with E-state index in [2.05, 4.69) is 20.0 Å². The van der Waals surface area contributed by atoms with Crippen molar-refractivity contribution in [1.82, 2.24) is 9.97 Å². The molecule has 140 valence electrons. The van der Waals surface area contributed by atoms with Crippen LogP contribution in [0.4, 0.5) is 14.5 Å². The van der Waals surface area contributed by atoms with Crippen LogP contribution in [0.3, 0.4) is 0 Å². The zero-order valence-electron chi connectivity index (χ0n) is 14.5. The average molecular weight is 379 g/mol. The Hall–Kier alpha value is -3.74. The van der Waals surface area contributed by atoms with Crippen molar-refractivity contribution in [3.8, 4) is 17.1 Å². The van der Waals surface area contributed by atoms with E-state index in [1.165, 1.54) is 24.3 Å². The number of ether oxygens (including phenoxy) is 1. The summed E-state index contributed by atoms with van der Waals surface area (Å²) in [5.74, 6) is 0.342. The first-order valence-electron chi connectivity index (χ1n) is 8.50. The van der Waals surface area contributed by atoms with Gasteiger partial charge in [-0.1, -0.05) is 24.3 Å². The monoisotopic (exact) mass is 379 g/mol. The molecule has 0 unspecified atom stereocenters. The summed E-state index contributed by atoms with van der Waals surface area (Å²) in [5.41, 5.74) is 3.54. The second-order valence-electron chi connectivity index (χ2n) is 6.04. The topological polar surface area (TPSA) is 67.0 Å². The van der Waals surface area contributed by atoms with Gasteiger partial charge in [0, 0.05) is 16.8 Å². The second kappa shape index (κ2) is 7.48. The van der Waals surface area contributed by atoms with Crippen LogP contribution in [-0.4, -0.2) is 22.5 Å². The molecular formula is C21H15F2N3O2. The maximum absolute atomic E-state index is 12.4. The standard InChI is InChI=1S/C21H15F2N3O2/c22-21(23)28-16-10-8-13(9-11-16)20(27)24-15-5-3-4-14(12-15)19-25-17-6-1-2-7-18(17)26-19/h1-12,21H,(H,24,27)(H,25,26). The number of nitrogens with zero attached hydrogens (tertiary/aromatic N) is 1. The highest BCUT2D eigenvalue weighted by molar-refractivity contribution is 6.04. The van der Waals surface area contributed by atoms with Crippen LogP contribution in [0.2, 0.25) is 0 Å². The van der Waals surface area contributed by atoms with Crippen molar-refractivity contribution in [3.05, 3.63) is 78.4 Å². The molecule has 4 rings (SSSR count). The zero-order valence-corrected chi connectivity index (χ0v) is 14.5. The van der Waals surface area contributed by atoms with Crippen molar-refractivity contribution >= 4 is 22.6 Å². The second-order valence-corrected chi connectivity index (χ2v) is 6.04. The first kappa shape index (κ1) is 17.7. The number of carbonyl (C=O) groups excluding carboxylic acids is 1. The molecule has 2 N–H and O–H groups in total. The number of nitrogens with one attached hydrogen (secondary N) is 2. The first-order valence-corrected chi connectivity index (χ1v) is 8.50. The summed E-state index contributed by atoms with van der Waals surface area (Å²) in [7, 11) is 0. The Bertz CT molecular complexity index is 1090. The highest BCUT2D eigenvalue weighted by Gasteiger charge is 2.10. The number of para-hydroxylation sites is 2. The number of aromatic amines is 1. The number of amides is 1. The van der Waals surface area contributed by atoms with Crippen LogP contribution in [0.15, 0.2) is 72.8 Å². The molecule has 0 aliphatic rings. The van der Waals surface area contributed by atoms with Gasteiger partial charge < -0.3 is 15.0 Å². The molecule has 0 radical (unpaired) electrons. The van der Waals surface area contributed by atoms with E-state index in [9.17, 15) is 13.6 Å². The van der Waals surface area contributed by atoms with Crippen LogP contribution >= 0.6 is 0 Å². The van der Waals surface area contributed by atoms with Crippen LogP contribution in [-0.2, 0) is 0 Å². The third kappa shape index (κ3) is 3.83. The first-order chi connectivity index (χ1) is 13.6. The molecule has 0 aliphatic heterocycles. The SMILES string of the molecule is O=C(Nc1cccc(-c2nc3ccccc3[nH]2)c1)c1ccc(OC(F)F)cc1. The van der Waals surface area contributed by atoms with Gasteiger partial charge in [0.05, 0.1) is 11.0 Å². The minimum absolute atomic E-state index is 0.00145. The van der Waals surface area contributed by atoms with Crippen molar-refractivity contribution < 1.29 is 18.3 Å². The molecule has 28 heavy (non-hydrogen) atoms. The molecule has 0 saturated carbocycles. The van der Waals surface area contributed by atoms with E-state index in [0.29, 0.717) is 17.1 Å². The third-order valence-corrected chi connectivity index (χ3v) is 4.12. The number of aromatic nitrogens is 2. The number of fused-ring (bicyclic) bond motifs is 1. The van der Waals surface area contributed by atoms with Crippen LogP contribution in [0.5, 0.6) is 5.75 Å². The van der Waals surface area contributed by atoms with E-state index in [-0.39, 0.29) is 11.7 Å². The quantitative estimate of drug-likeness (QED) is 0.508. The summed E-state index contributed by atoms with van der Waals surface area (Å²) in [6, 6.07) is 20.5. The lowest BCUT2D eigenvalue weighted by Gasteiger charge is -2.08. The lowest BCUT2D eigenvalue weighted by Crippen LogP contribution is -2.12. The minimum atomic E-state index is -2.90. The fourth-order valence-electron chi connectivity index (χ4n) is 2.82. The van der Waals surface area contributed by atoms with E-state index in [0.717, 1.165) is 16.6 Å². The number of anilines is 1. The van der Waals surface area contributed by atoms with Gasteiger partial charge in [0.25, 0.3) is 5.91 Å². The maximum atomic E-state index is 12.4. The van der Waals surface area contributed by atoms with Crippen LogP contribution in [0.1, 0.15) is 10.4 Å². The highest BCUT2D eigenvalue weighted by Crippen LogP contribution is 2.23. The van der Waals surface area contributed by atoms with Gasteiger partial charge in [-0.15, -0.1) is 0 Å². The summed E-state index contributed by atoms with van der Waals surface area (Å²) >= 11 is 0. The summed E-state index contributed by atoms with van der Waals surface area (Å²) in [5, 5.41) is 2.79. The molecular weight excluding hydrogens is 364 g/mol. The number of carbonyl (C=O) groups is 1. The van der Waals surface area contributed by atoms with Gasteiger partial charge >= 0.3 is 6.61 Å². The molecule has 1 amide bonds. The van der Waals surface area contributed by atoms with Gasteiger partial charge in [0.15, 0.2) is 0 Å². The van der Waals surface area contributed by atoms with E-state index in [1.807, 2.05) is 42.5 Å². The highest BCUT2D eigenvalue weighted by atomic mass is 19.3. The Labute approximate surface area is 159 Å². The lowest BCUT2D eigenvalue weighted by molar-refractivity contribution is -0.0498. The molecule has 7 heteroatoms. The molecule has 1 aromatic heterocycles. The van der Waals surface area contributed by atoms with Gasteiger partial charge in [0.1, 0.15) is 11.6 Å². The Balaban J connectivity index is 1.52. The molecule has 0 bridgehead atoms. The molecule has 1 heterocycles. The van der Waals surface area contributed by atoms with Gasteiger partial charge in [-0.05, 0) is 48.5 Å². The van der Waals surface area contributed by atoms with Crippen molar-refractivity contribution in [1.29, 1.82) is 0 Å². The minimum Gasteiger partial charge on any atom is -0.435 e. The number of halogens is 2. The predicted molar refractivity (Wildman–Crippen MR) is 103 cm³/mol. The Morgan fingerprint density at radius 2 is 1.79 bits per heavy atom. The van der Waals surface area contributed by atoms with Crippen molar-refractivity contribution in [2.24, 2.45) is 0 Å². The molecule has 0 aliphatic carbocycles. The van der Waals surface area contributed by atoms with Crippen LogP contribution in [0, 0.1) is 0 Å². The van der Waals surface area contributed by atoms with E-state index >= 15 is 0 Å². The van der Waals surface area contributed by atoms with Crippen molar-refractivity contribution in [2.75, 3.05) is 5.32 Å². The molecule has 0 spiro atoms. The number of benzene rings is 3. The number of hydrogen-bond donors (Lipinski definition) is 2. The normalized spacial score (nSPS) is 11.0. The van der Waals surface area contributed by atoms with Crippen molar-refractivity contribution in [2.45, 2.75) is 6.61 Å². The molecule has 0 atom stereocenters. The smallest absolute Gasteiger partial charge is 0.387 e. The van der Waals surface area contributed by atoms with Gasteiger partial charge in [-0.25, -0.2) is 4.98 Å². The van der Waals surface area contributed by atoms with E-state index in [4.69, 9.17) is 0 Å². The third-order valence-electron chi connectivity index (χ3n) is 4.12. The summed E-state index contributed by atoms with van der Waals surface area (Å²) < 4.78 is 28.7. The van der Waals surface area contributed by atoms with E-state index in [1.54, 1.807) is 6.07 Å². The molecule has 4 aromatic rings. The lowest BCUT2D eigenvalue weighted by atomic mass is 10.1. The molecule has 0 fully saturated rings. The summed E-state index contributed by atoms with van der Waals surface area (Å²) in [4.78, 5) is 20.2. The molecule has 0 saturated heterocycles. The number of rotatable bonds is 5. The summed E-state index contributed by atoms with van der Waals surface area (Å²) in [6.45, 7) is -2.90. The van der Waals surface area contributed by atoms with Gasteiger partial charge in [-0.2, -0.15) is 8.78 Å². The number of alkyl halides is 2. The Kier molecular flexibility index (Phi) is 4.72. The average Bonchev–Trinajstić information content (AvgIpc) is 3.12. The molecule has 3 aromatic carbocycles. The fourth-order valence-corrected chi connectivity index (χ4v) is 2.82. The summed E-state index contributed by atoms with van der Waals surface area (Å²) in [6.07, 6.45) is 0. The van der Waals surface area contributed by atoms with Crippen molar-refractivity contribution in [3.63, 3.8) is 0 Å². The molecule has 5 nitrogen and oxygen atoms in total. The van der Waals surface area contributed by atoms with Crippen LogP contribution < -0.4 is 10.1 Å². The number of H-pyrrole nitrogens is 1. The predicted octanol–water partition coefficient (Wildman–Crippen LogP) is 5.08. The van der Waals surface area contributed by atoms with E-state index < -0.39 is 6.61 Å². The van der Waals surface area contributed by atoms with Crippen LogP contribution in [0.25, 0.3) is 22.4 Å². The maximum Gasteiger partial charge on any atom is 0.387 e. The number of imidazole rings is 1. The van der Waals surface area contributed by atoms with Gasteiger partial charge in [-0.3, -0.25) is 4.79 Å². The fraction of sp³-hybridized carbons (Fsp3) is 0.0476. The van der Waals surface area contributed by atoms with Gasteiger partial charge in [0.2, 0.25) is 0 Å². The number of hydrogen-bond acceptors (Lipinski definition) is 3.